The van der Waals surface area contributed by atoms with Gasteiger partial charge in [-0.3, -0.25) is 5.43 Å². The zero-order chi connectivity index (χ0) is 15.2. The third-order valence-electron chi connectivity index (χ3n) is 3.74. The lowest BCUT2D eigenvalue weighted by molar-refractivity contribution is 0.210. The third kappa shape index (κ3) is 4.07. The van der Waals surface area contributed by atoms with E-state index in [0.717, 1.165) is 29.8 Å². The first kappa shape index (κ1) is 14.6. The van der Waals surface area contributed by atoms with Crippen molar-refractivity contribution in [3.05, 3.63) is 59.9 Å². The van der Waals surface area contributed by atoms with E-state index in [9.17, 15) is 4.39 Å². The van der Waals surface area contributed by atoms with Gasteiger partial charge in [0.25, 0.3) is 0 Å². The van der Waals surface area contributed by atoms with Crippen molar-refractivity contribution in [3.63, 3.8) is 0 Å². The lowest BCUT2D eigenvalue weighted by Crippen LogP contribution is -2.10. The van der Waals surface area contributed by atoms with Crippen molar-refractivity contribution in [1.82, 2.24) is 0 Å². The van der Waals surface area contributed by atoms with Crippen LogP contribution in [0.15, 0.2) is 53.6 Å². The average Bonchev–Trinajstić information content (AvgIpc) is 3.04. The second-order valence-electron chi connectivity index (χ2n) is 5.47. The highest BCUT2D eigenvalue weighted by molar-refractivity contribution is 5.80. The highest BCUT2D eigenvalue weighted by Gasteiger charge is 2.16. The first-order chi connectivity index (χ1) is 10.8. The molecule has 0 spiro atoms. The maximum Gasteiger partial charge on any atom is 0.123 e. The van der Waals surface area contributed by atoms with Crippen molar-refractivity contribution in [3.8, 4) is 5.75 Å². The highest BCUT2D eigenvalue weighted by atomic mass is 19.1. The Hall–Kier alpha value is -2.36. The van der Waals surface area contributed by atoms with Crippen LogP contribution in [0.1, 0.15) is 31.2 Å². The van der Waals surface area contributed by atoms with Crippen LogP contribution in [0.4, 0.5) is 10.1 Å². The number of benzene rings is 2. The first-order valence-electron chi connectivity index (χ1n) is 7.61. The van der Waals surface area contributed by atoms with Crippen LogP contribution in [0.5, 0.6) is 5.75 Å². The molecule has 0 aromatic heterocycles. The minimum absolute atomic E-state index is 0.257. The van der Waals surface area contributed by atoms with E-state index in [-0.39, 0.29) is 5.82 Å². The topological polar surface area (TPSA) is 33.6 Å². The maximum atomic E-state index is 12.8. The maximum absolute atomic E-state index is 12.8. The molecule has 0 atom stereocenters. The van der Waals surface area contributed by atoms with E-state index in [1.165, 1.54) is 25.0 Å². The quantitative estimate of drug-likeness (QED) is 0.647. The SMILES string of the molecule is Fc1ccc(NN=Cc2ccc(OC3CCCC3)cc2)cc1. The number of anilines is 1. The largest absolute Gasteiger partial charge is 0.490 e. The molecule has 0 saturated heterocycles. The van der Waals surface area contributed by atoms with E-state index >= 15 is 0 Å². The summed E-state index contributed by atoms with van der Waals surface area (Å²) in [6, 6.07) is 14.0. The molecule has 1 aliphatic carbocycles. The summed E-state index contributed by atoms with van der Waals surface area (Å²) >= 11 is 0. The molecule has 1 aliphatic rings. The van der Waals surface area contributed by atoms with E-state index in [1.807, 2.05) is 24.3 Å². The van der Waals surface area contributed by atoms with E-state index in [4.69, 9.17) is 4.74 Å². The lowest BCUT2D eigenvalue weighted by Gasteiger charge is -2.12. The molecule has 4 heteroatoms. The van der Waals surface area contributed by atoms with Crippen LogP contribution in [0.2, 0.25) is 0 Å². The normalized spacial score (nSPS) is 15.3. The number of nitrogens with one attached hydrogen (secondary N) is 1. The Morgan fingerprint density at radius 2 is 1.68 bits per heavy atom. The molecular weight excluding hydrogens is 279 g/mol. The number of hydrogen-bond donors (Lipinski definition) is 1. The minimum Gasteiger partial charge on any atom is -0.490 e. The molecule has 2 aromatic carbocycles. The van der Waals surface area contributed by atoms with Gasteiger partial charge in [-0.2, -0.15) is 5.10 Å². The Kier molecular flexibility index (Phi) is 4.68. The number of nitrogens with zero attached hydrogens (tertiary/aromatic N) is 1. The van der Waals surface area contributed by atoms with Crippen LogP contribution in [0, 0.1) is 5.82 Å². The summed E-state index contributed by atoms with van der Waals surface area (Å²) in [6.07, 6.45) is 6.95. The predicted molar refractivity (Wildman–Crippen MR) is 86.9 cm³/mol. The Morgan fingerprint density at radius 1 is 1.00 bits per heavy atom. The summed E-state index contributed by atoms with van der Waals surface area (Å²) in [4.78, 5) is 0. The van der Waals surface area contributed by atoms with Gasteiger partial charge in [0.05, 0.1) is 18.0 Å². The van der Waals surface area contributed by atoms with Crippen molar-refractivity contribution in [2.45, 2.75) is 31.8 Å². The van der Waals surface area contributed by atoms with Gasteiger partial charge in [0.2, 0.25) is 0 Å². The molecule has 0 bridgehead atoms. The Morgan fingerprint density at radius 3 is 2.36 bits per heavy atom. The van der Waals surface area contributed by atoms with Crippen LogP contribution >= 0.6 is 0 Å². The van der Waals surface area contributed by atoms with Crippen molar-refractivity contribution in [1.29, 1.82) is 0 Å². The monoisotopic (exact) mass is 298 g/mol. The fourth-order valence-corrected chi connectivity index (χ4v) is 2.54. The molecule has 22 heavy (non-hydrogen) atoms. The van der Waals surface area contributed by atoms with Crippen LogP contribution in [0.25, 0.3) is 0 Å². The van der Waals surface area contributed by atoms with Gasteiger partial charge in [-0.25, -0.2) is 4.39 Å². The molecule has 3 rings (SSSR count). The smallest absolute Gasteiger partial charge is 0.123 e. The van der Waals surface area contributed by atoms with Gasteiger partial charge in [0.1, 0.15) is 11.6 Å². The number of hydrogen-bond acceptors (Lipinski definition) is 3. The van der Waals surface area contributed by atoms with Crippen LogP contribution in [-0.4, -0.2) is 12.3 Å². The summed E-state index contributed by atoms with van der Waals surface area (Å²) in [5, 5.41) is 4.14. The van der Waals surface area contributed by atoms with Gasteiger partial charge in [0, 0.05) is 0 Å². The van der Waals surface area contributed by atoms with E-state index in [2.05, 4.69) is 10.5 Å². The van der Waals surface area contributed by atoms with Crippen molar-refractivity contribution in [2.75, 3.05) is 5.43 Å². The molecule has 3 nitrogen and oxygen atoms in total. The predicted octanol–water partition coefficient (Wildman–Crippen LogP) is 4.59. The number of hydrazone groups is 1. The first-order valence-corrected chi connectivity index (χ1v) is 7.61. The van der Waals surface area contributed by atoms with Gasteiger partial charge in [-0.05, 0) is 79.8 Å². The molecule has 0 aliphatic heterocycles. The standard InChI is InChI=1S/C18H19FN2O/c19-15-7-9-16(10-8-15)21-20-13-14-5-11-18(12-6-14)22-17-3-1-2-4-17/h5-13,17,21H,1-4H2. The zero-order valence-corrected chi connectivity index (χ0v) is 12.3. The van der Waals surface area contributed by atoms with Gasteiger partial charge in [-0.1, -0.05) is 0 Å². The summed E-state index contributed by atoms with van der Waals surface area (Å²) in [5.74, 6) is 0.655. The Labute approximate surface area is 129 Å². The van der Waals surface area contributed by atoms with Crippen molar-refractivity contribution < 1.29 is 9.13 Å². The molecule has 1 fully saturated rings. The second-order valence-corrected chi connectivity index (χ2v) is 5.47. The molecule has 0 amide bonds. The van der Waals surface area contributed by atoms with Crippen LogP contribution in [-0.2, 0) is 0 Å². The van der Waals surface area contributed by atoms with E-state index in [0.29, 0.717) is 6.10 Å². The van der Waals surface area contributed by atoms with Crippen molar-refractivity contribution in [2.24, 2.45) is 5.10 Å². The summed E-state index contributed by atoms with van der Waals surface area (Å²) < 4.78 is 18.7. The number of rotatable bonds is 5. The Bertz CT molecular complexity index is 617. The molecule has 1 saturated carbocycles. The molecule has 0 radical (unpaired) electrons. The highest BCUT2D eigenvalue weighted by Crippen LogP contribution is 2.24. The Balaban J connectivity index is 1.53. The van der Waals surface area contributed by atoms with E-state index < -0.39 is 0 Å². The molecule has 1 N–H and O–H groups in total. The minimum atomic E-state index is -0.257. The molecule has 0 unspecified atom stereocenters. The van der Waals surface area contributed by atoms with Crippen LogP contribution in [0.3, 0.4) is 0 Å². The number of ether oxygens (including phenoxy) is 1. The lowest BCUT2D eigenvalue weighted by atomic mass is 10.2. The van der Waals surface area contributed by atoms with Gasteiger partial charge in [-0.15, -0.1) is 0 Å². The molecule has 2 aromatic rings. The van der Waals surface area contributed by atoms with Crippen molar-refractivity contribution >= 4 is 11.9 Å². The third-order valence-corrected chi connectivity index (χ3v) is 3.74. The summed E-state index contributed by atoms with van der Waals surface area (Å²) in [6.45, 7) is 0. The van der Waals surface area contributed by atoms with E-state index in [1.54, 1.807) is 18.3 Å². The summed E-state index contributed by atoms with van der Waals surface area (Å²) in [5.41, 5.74) is 4.59. The van der Waals surface area contributed by atoms with Gasteiger partial charge >= 0.3 is 0 Å². The van der Waals surface area contributed by atoms with Gasteiger partial charge in [0.15, 0.2) is 0 Å². The molecule has 114 valence electrons. The molecule has 0 heterocycles. The average molecular weight is 298 g/mol. The second kappa shape index (κ2) is 7.07. The fourth-order valence-electron chi connectivity index (χ4n) is 2.54. The van der Waals surface area contributed by atoms with Crippen LogP contribution < -0.4 is 10.2 Å². The zero-order valence-electron chi connectivity index (χ0n) is 12.3. The summed E-state index contributed by atoms with van der Waals surface area (Å²) in [7, 11) is 0. The van der Waals surface area contributed by atoms with Gasteiger partial charge < -0.3 is 4.74 Å². The fraction of sp³-hybridized carbons (Fsp3) is 0.278. The number of halogens is 1. The molecular formula is C18H19FN2O.